The highest BCUT2D eigenvalue weighted by Gasteiger charge is 2.23. The van der Waals surface area contributed by atoms with E-state index in [0.29, 0.717) is 0 Å². The van der Waals surface area contributed by atoms with Gasteiger partial charge in [0.2, 0.25) is 0 Å². The Kier molecular flexibility index (Phi) is 4.58. The van der Waals surface area contributed by atoms with Crippen LogP contribution in [0.5, 0.6) is 0 Å². The molecule has 1 saturated heterocycles. The number of halogens is 1. The number of rotatable bonds is 4. The van der Waals surface area contributed by atoms with Crippen LogP contribution >= 0.6 is 11.6 Å². The number of ether oxygens (including phenoxy) is 1. The first-order valence-electron chi connectivity index (χ1n) is 7.45. The molecule has 0 bridgehead atoms. The number of nitrogens with one attached hydrogen (secondary N) is 1. The maximum atomic E-state index is 6.01. The summed E-state index contributed by atoms with van der Waals surface area (Å²) in [7, 11) is 0. The molecule has 2 aliphatic heterocycles. The zero-order chi connectivity index (χ0) is 13.8. The molecule has 0 saturated carbocycles. The lowest BCUT2D eigenvalue weighted by atomic mass is 9.95. The Morgan fingerprint density at radius 1 is 1.25 bits per heavy atom. The summed E-state index contributed by atoms with van der Waals surface area (Å²) < 4.78 is 5.99. The van der Waals surface area contributed by atoms with Gasteiger partial charge in [0, 0.05) is 17.9 Å². The molecule has 2 heterocycles. The third-order valence-corrected chi connectivity index (χ3v) is 4.28. The molecule has 3 rings (SSSR count). The second-order valence-corrected chi connectivity index (χ2v) is 6.14. The average Bonchev–Trinajstić information content (AvgIpc) is 2.87. The molecule has 0 aliphatic carbocycles. The minimum Gasteiger partial charge on any atom is -0.475 e. The number of hydrogen-bond donors (Lipinski definition) is 1. The van der Waals surface area contributed by atoms with E-state index in [9.17, 15) is 0 Å². The third kappa shape index (κ3) is 3.74. The lowest BCUT2D eigenvalue weighted by molar-refractivity contribution is 0.212. The smallest absolute Gasteiger partial charge is 0.184 e. The van der Waals surface area contributed by atoms with Crippen molar-refractivity contribution in [2.24, 2.45) is 10.9 Å². The van der Waals surface area contributed by atoms with Crippen LogP contribution < -0.4 is 5.32 Å². The summed E-state index contributed by atoms with van der Waals surface area (Å²) in [5, 5.41) is 4.18. The Bertz CT molecular complexity index is 483. The van der Waals surface area contributed by atoms with E-state index in [2.05, 4.69) is 16.4 Å². The highest BCUT2D eigenvalue weighted by Crippen LogP contribution is 2.21. The van der Waals surface area contributed by atoms with E-state index >= 15 is 0 Å². The lowest BCUT2D eigenvalue weighted by Gasteiger charge is -2.22. The van der Waals surface area contributed by atoms with Crippen LogP contribution in [0.1, 0.15) is 24.8 Å². The molecule has 1 unspecified atom stereocenters. The van der Waals surface area contributed by atoms with E-state index in [1.165, 1.54) is 18.4 Å². The predicted molar refractivity (Wildman–Crippen MR) is 82.5 cm³/mol. The fourth-order valence-electron chi connectivity index (χ4n) is 2.95. The summed E-state index contributed by atoms with van der Waals surface area (Å²) in [4.78, 5) is 4.57. The quantitative estimate of drug-likeness (QED) is 0.925. The Labute approximate surface area is 125 Å². The molecule has 1 atom stereocenters. The Morgan fingerprint density at radius 2 is 2.10 bits per heavy atom. The molecule has 4 heteroatoms. The Hall–Kier alpha value is -1.06. The number of benzene rings is 1. The largest absolute Gasteiger partial charge is 0.475 e. The van der Waals surface area contributed by atoms with E-state index in [0.717, 1.165) is 49.3 Å². The van der Waals surface area contributed by atoms with Crippen LogP contribution in [0, 0.1) is 5.92 Å². The normalized spacial score (nSPS) is 23.4. The van der Waals surface area contributed by atoms with Gasteiger partial charge >= 0.3 is 0 Å². The maximum absolute atomic E-state index is 6.01. The van der Waals surface area contributed by atoms with Gasteiger partial charge < -0.3 is 10.1 Å². The summed E-state index contributed by atoms with van der Waals surface area (Å²) in [6.45, 7) is 3.04. The van der Waals surface area contributed by atoms with Gasteiger partial charge in [0.25, 0.3) is 0 Å². The number of piperidine rings is 1. The van der Waals surface area contributed by atoms with Crippen molar-refractivity contribution in [1.29, 1.82) is 0 Å². The molecule has 1 fully saturated rings. The molecule has 1 N–H and O–H groups in total. The summed E-state index contributed by atoms with van der Waals surface area (Å²) >= 11 is 6.01. The second kappa shape index (κ2) is 6.59. The first-order chi connectivity index (χ1) is 9.79. The molecule has 3 nitrogen and oxygen atoms in total. The van der Waals surface area contributed by atoms with Crippen LogP contribution in [-0.4, -0.2) is 31.6 Å². The van der Waals surface area contributed by atoms with Crippen molar-refractivity contribution in [3.05, 3.63) is 34.9 Å². The van der Waals surface area contributed by atoms with Crippen LogP contribution in [0.25, 0.3) is 0 Å². The van der Waals surface area contributed by atoms with Crippen LogP contribution in [-0.2, 0) is 11.2 Å². The number of aliphatic imine (C=N–C) groups is 1. The summed E-state index contributed by atoms with van der Waals surface area (Å²) in [6, 6.07) is 8.00. The van der Waals surface area contributed by atoms with Gasteiger partial charge in [-0.05, 0) is 49.5 Å². The van der Waals surface area contributed by atoms with E-state index in [-0.39, 0.29) is 6.10 Å². The second-order valence-electron chi connectivity index (χ2n) is 5.71. The van der Waals surface area contributed by atoms with Gasteiger partial charge in [0.05, 0.1) is 6.54 Å². The van der Waals surface area contributed by atoms with E-state index in [4.69, 9.17) is 16.3 Å². The molecular formula is C16H21ClN2O. The van der Waals surface area contributed by atoms with Crippen molar-refractivity contribution < 1.29 is 4.74 Å². The zero-order valence-electron chi connectivity index (χ0n) is 11.6. The summed E-state index contributed by atoms with van der Waals surface area (Å²) in [6.07, 6.45) is 4.56. The Morgan fingerprint density at radius 3 is 2.90 bits per heavy atom. The topological polar surface area (TPSA) is 33.6 Å². The van der Waals surface area contributed by atoms with Crippen LogP contribution in [0.15, 0.2) is 29.3 Å². The molecule has 1 aromatic rings. The fourth-order valence-corrected chi connectivity index (χ4v) is 3.16. The first kappa shape index (κ1) is 13.9. The van der Waals surface area contributed by atoms with Crippen molar-refractivity contribution in [3.8, 4) is 0 Å². The molecule has 0 aromatic heterocycles. The Balaban J connectivity index is 1.48. The molecule has 2 aliphatic rings. The molecule has 0 amide bonds. The average molecular weight is 293 g/mol. The predicted octanol–water partition coefficient (Wildman–Crippen LogP) is 3.07. The van der Waals surface area contributed by atoms with Gasteiger partial charge in [-0.25, -0.2) is 0 Å². The molecule has 0 spiro atoms. The van der Waals surface area contributed by atoms with Crippen LogP contribution in [0.4, 0.5) is 0 Å². The van der Waals surface area contributed by atoms with Gasteiger partial charge in [0.1, 0.15) is 6.10 Å². The van der Waals surface area contributed by atoms with Crippen LogP contribution in [0.2, 0.25) is 5.02 Å². The third-order valence-electron chi connectivity index (χ3n) is 4.05. The number of nitrogens with zero attached hydrogens (tertiary/aromatic N) is 1. The van der Waals surface area contributed by atoms with Crippen molar-refractivity contribution >= 4 is 17.5 Å². The molecule has 108 valence electrons. The molecule has 20 heavy (non-hydrogen) atoms. The van der Waals surface area contributed by atoms with Crippen molar-refractivity contribution in [1.82, 2.24) is 5.32 Å². The van der Waals surface area contributed by atoms with Gasteiger partial charge in [-0.1, -0.05) is 23.7 Å². The minimum absolute atomic E-state index is 0.185. The number of hydrogen-bond acceptors (Lipinski definition) is 3. The van der Waals surface area contributed by atoms with E-state index in [1.54, 1.807) is 0 Å². The van der Waals surface area contributed by atoms with Crippen LogP contribution in [0.3, 0.4) is 0 Å². The van der Waals surface area contributed by atoms with Gasteiger partial charge in [-0.2, -0.15) is 0 Å². The highest BCUT2D eigenvalue weighted by molar-refractivity contribution is 6.30. The summed E-state index contributed by atoms with van der Waals surface area (Å²) in [5.74, 6) is 1.70. The molecular weight excluding hydrogens is 272 g/mol. The summed E-state index contributed by atoms with van der Waals surface area (Å²) in [5.41, 5.74) is 1.22. The lowest BCUT2D eigenvalue weighted by Crippen LogP contribution is -2.29. The monoisotopic (exact) mass is 292 g/mol. The van der Waals surface area contributed by atoms with Gasteiger partial charge in [-0.15, -0.1) is 0 Å². The minimum atomic E-state index is 0.185. The van der Waals surface area contributed by atoms with Crippen molar-refractivity contribution in [2.45, 2.75) is 31.8 Å². The van der Waals surface area contributed by atoms with E-state index < -0.39 is 0 Å². The first-order valence-corrected chi connectivity index (χ1v) is 7.82. The fraction of sp³-hybridized carbons (Fsp3) is 0.562. The van der Waals surface area contributed by atoms with Gasteiger partial charge in [0.15, 0.2) is 5.90 Å². The molecule has 0 radical (unpaired) electrons. The molecule has 1 aromatic carbocycles. The zero-order valence-corrected chi connectivity index (χ0v) is 12.4. The van der Waals surface area contributed by atoms with Gasteiger partial charge in [-0.3, -0.25) is 4.99 Å². The van der Waals surface area contributed by atoms with E-state index in [1.807, 2.05) is 18.2 Å². The van der Waals surface area contributed by atoms with Crippen molar-refractivity contribution in [3.63, 3.8) is 0 Å². The standard InChI is InChI=1S/C16H21ClN2O/c17-14-3-1-2-13(8-14)9-15-11-19-16(20-15)10-12-4-6-18-7-5-12/h1-3,8,12,15,18H,4-7,9-11H2. The van der Waals surface area contributed by atoms with Crippen molar-refractivity contribution in [2.75, 3.05) is 19.6 Å². The maximum Gasteiger partial charge on any atom is 0.184 e. The SMILES string of the molecule is Clc1cccc(CC2CN=C(CC3CCNCC3)O2)c1. The highest BCUT2D eigenvalue weighted by atomic mass is 35.5.